The van der Waals surface area contributed by atoms with Crippen molar-refractivity contribution in [3.8, 4) is 5.75 Å². The van der Waals surface area contributed by atoms with E-state index in [1.54, 1.807) is 6.07 Å². The summed E-state index contributed by atoms with van der Waals surface area (Å²) in [4.78, 5) is 14.4. The van der Waals surface area contributed by atoms with Crippen LogP contribution in [0.15, 0.2) is 54.6 Å². The van der Waals surface area contributed by atoms with E-state index in [-0.39, 0.29) is 23.9 Å². The van der Waals surface area contributed by atoms with E-state index in [2.05, 4.69) is 22.3 Å². The number of amides is 1. The van der Waals surface area contributed by atoms with Crippen molar-refractivity contribution in [3.05, 3.63) is 65.7 Å². The second-order valence-electron chi connectivity index (χ2n) is 8.00. The summed E-state index contributed by atoms with van der Waals surface area (Å²) in [6, 6.07) is 17.6. The van der Waals surface area contributed by atoms with Gasteiger partial charge in [0.2, 0.25) is 0 Å². The quantitative estimate of drug-likeness (QED) is 0.854. The topological polar surface area (TPSA) is 61.8 Å². The van der Waals surface area contributed by atoms with Crippen molar-refractivity contribution in [2.45, 2.75) is 44.9 Å². The molecule has 144 valence electrons. The lowest BCUT2D eigenvalue weighted by atomic mass is 9.96. The highest BCUT2D eigenvalue weighted by atomic mass is 16.6. The monoisotopic (exact) mass is 368 g/mol. The first-order chi connectivity index (χ1) is 12.8. The molecule has 1 unspecified atom stereocenters. The molecule has 2 N–H and O–H groups in total. The molecule has 1 amide bonds. The lowest BCUT2D eigenvalue weighted by Gasteiger charge is -2.29. The maximum Gasteiger partial charge on any atom is 0.407 e. The Kier molecular flexibility index (Phi) is 5.71. The zero-order valence-electron chi connectivity index (χ0n) is 16.2. The normalized spacial score (nSPS) is 18.9. The zero-order valence-corrected chi connectivity index (χ0v) is 16.2. The number of nitrogens with zero attached hydrogens (tertiary/aromatic N) is 1. The molecule has 1 heterocycles. The van der Waals surface area contributed by atoms with Crippen LogP contribution in [0.3, 0.4) is 0 Å². The minimum Gasteiger partial charge on any atom is -0.508 e. The highest BCUT2D eigenvalue weighted by molar-refractivity contribution is 5.68. The van der Waals surface area contributed by atoms with Crippen molar-refractivity contribution in [2.75, 3.05) is 13.1 Å². The minimum absolute atomic E-state index is 0.0249. The number of phenols is 1. The van der Waals surface area contributed by atoms with E-state index in [9.17, 15) is 9.90 Å². The summed E-state index contributed by atoms with van der Waals surface area (Å²) in [5.74, 6) is 0.287. The van der Waals surface area contributed by atoms with Crippen LogP contribution < -0.4 is 5.32 Å². The molecule has 2 aromatic rings. The van der Waals surface area contributed by atoms with Crippen LogP contribution in [-0.4, -0.2) is 40.8 Å². The van der Waals surface area contributed by atoms with Crippen molar-refractivity contribution in [1.82, 2.24) is 10.2 Å². The molecular formula is C22H28N2O3. The van der Waals surface area contributed by atoms with Gasteiger partial charge < -0.3 is 15.2 Å². The predicted octanol–water partition coefficient (Wildman–Crippen LogP) is 4.08. The molecule has 5 heteroatoms. The molecule has 1 fully saturated rings. The smallest absolute Gasteiger partial charge is 0.407 e. The third kappa shape index (κ3) is 5.01. The van der Waals surface area contributed by atoms with Gasteiger partial charge in [0.1, 0.15) is 11.4 Å². The van der Waals surface area contributed by atoms with Gasteiger partial charge in [0.05, 0.1) is 6.04 Å². The minimum atomic E-state index is -0.509. The lowest BCUT2D eigenvalue weighted by molar-refractivity contribution is 0.0505. The molecular weight excluding hydrogens is 340 g/mol. The van der Waals surface area contributed by atoms with Crippen LogP contribution in [0, 0.1) is 0 Å². The number of carbonyl (C=O) groups is 1. The van der Waals surface area contributed by atoms with Crippen molar-refractivity contribution in [1.29, 1.82) is 0 Å². The number of phenolic OH excluding ortho intramolecular Hbond substituents is 1. The van der Waals surface area contributed by atoms with Gasteiger partial charge in [-0.2, -0.15) is 0 Å². The van der Waals surface area contributed by atoms with Gasteiger partial charge in [-0.1, -0.05) is 48.5 Å². The van der Waals surface area contributed by atoms with Crippen LogP contribution in [0.25, 0.3) is 0 Å². The summed E-state index contributed by atoms with van der Waals surface area (Å²) in [6.07, 6.45) is 0.462. The fraction of sp³-hybridized carbons (Fsp3) is 0.409. The highest BCUT2D eigenvalue weighted by Gasteiger charge is 2.32. The summed E-state index contributed by atoms with van der Waals surface area (Å²) in [6.45, 7) is 7.10. The SMILES string of the molecule is CC(C)(C)OC(=O)N[C@@H]1CCN(C(c2ccccc2)c2ccccc2O)C1. The van der Waals surface area contributed by atoms with Gasteiger partial charge in [-0.3, -0.25) is 4.90 Å². The van der Waals surface area contributed by atoms with Gasteiger partial charge in [0.15, 0.2) is 0 Å². The number of benzene rings is 2. The van der Waals surface area contributed by atoms with Crippen LogP contribution in [0.5, 0.6) is 5.75 Å². The Balaban J connectivity index is 1.77. The maximum absolute atomic E-state index is 12.1. The summed E-state index contributed by atoms with van der Waals surface area (Å²) < 4.78 is 5.38. The van der Waals surface area contributed by atoms with E-state index in [1.165, 1.54) is 0 Å². The van der Waals surface area contributed by atoms with Crippen LogP contribution in [0.1, 0.15) is 44.4 Å². The van der Waals surface area contributed by atoms with E-state index in [0.717, 1.165) is 24.1 Å². The number of carbonyl (C=O) groups excluding carboxylic acids is 1. The van der Waals surface area contributed by atoms with Gasteiger partial charge in [0.25, 0.3) is 0 Å². The number of para-hydroxylation sites is 1. The van der Waals surface area contributed by atoms with E-state index in [0.29, 0.717) is 6.54 Å². The molecule has 1 aliphatic heterocycles. The third-order valence-corrected chi connectivity index (χ3v) is 4.65. The zero-order chi connectivity index (χ0) is 19.4. The van der Waals surface area contributed by atoms with Crippen molar-refractivity contribution < 1.29 is 14.6 Å². The van der Waals surface area contributed by atoms with Gasteiger partial charge in [0, 0.05) is 24.7 Å². The number of hydrogen-bond donors (Lipinski definition) is 2. The molecule has 1 saturated heterocycles. The molecule has 3 rings (SSSR count). The standard InChI is InChI=1S/C22H28N2O3/c1-22(2,3)27-21(26)23-17-13-14-24(15-17)20(16-9-5-4-6-10-16)18-11-7-8-12-19(18)25/h4-12,17,20,25H,13-15H2,1-3H3,(H,23,26)/t17-,20?/m1/s1. The molecule has 0 saturated carbocycles. The Morgan fingerprint density at radius 1 is 1.15 bits per heavy atom. The Morgan fingerprint density at radius 2 is 1.81 bits per heavy atom. The largest absolute Gasteiger partial charge is 0.508 e. The fourth-order valence-electron chi connectivity index (χ4n) is 3.56. The molecule has 27 heavy (non-hydrogen) atoms. The van der Waals surface area contributed by atoms with E-state index in [1.807, 2.05) is 57.2 Å². The average molecular weight is 368 g/mol. The third-order valence-electron chi connectivity index (χ3n) is 4.65. The summed E-state index contributed by atoms with van der Waals surface area (Å²) >= 11 is 0. The summed E-state index contributed by atoms with van der Waals surface area (Å²) in [5.41, 5.74) is 1.49. The number of rotatable bonds is 4. The van der Waals surface area contributed by atoms with Gasteiger partial charge >= 0.3 is 6.09 Å². The van der Waals surface area contributed by atoms with Crippen molar-refractivity contribution in [3.63, 3.8) is 0 Å². The van der Waals surface area contributed by atoms with E-state index < -0.39 is 5.60 Å². The molecule has 0 aliphatic carbocycles. The number of likely N-dealkylation sites (tertiary alicyclic amines) is 1. The molecule has 0 spiro atoms. The Bertz CT molecular complexity index is 771. The number of alkyl carbamates (subject to hydrolysis) is 1. The molecule has 0 bridgehead atoms. The van der Waals surface area contributed by atoms with Gasteiger partial charge in [-0.05, 0) is 38.8 Å². The van der Waals surface area contributed by atoms with Crippen molar-refractivity contribution in [2.24, 2.45) is 0 Å². The maximum atomic E-state index is 12.1. The first kappa shape index (κ1) is 19.2. The van der Waals surface area contributed by atoms with Gasteiger partial charge in [-0.25, -0.2) is 4.79 Å². The Labute approximate surface area is 161 Å². The first-order valence-electron chi connectivity index (χ1n) is 9.40. The summed E-state index contributed by atoms with van der Waals surface area (Å²) in [5, 5.41) is 13.4. The Morgan fingerprint density at radius 3 is 2.48 bits per heavy atom. The molecule has 1 aliphatic rings. The molecule has 5 nitrogen and oxygen atoms in total. The summed E-state index contributed by atoms with van der Waals surface area (Å²) in [7, 11) is 0. The second-order valence-corrected chi connectivity index (χ2v) is 8.00. The number of hydrogen-bond acceptors (Lipinski definition) is 4. The Hall–Kier alpha value is -2.53. The number of ether oxygens (including phenoxy) is 1. The fourth-order valence-corrected chi connectivity index (χ4v) is 3.56. The van der Waals surface area contributed by atoms with Crippen molar-refractivity contribution >= 4 is 6.09 Å². The van der Waals surface area contributed by atoms with Gasteiger partial charge in [-0.15, -0.1) is 0 Å². The van der Waals surface area contributed by atoms with Crippen LogP contribution in [0.4, 0.5) is 4.79 Å². The first-order valence-corrected chi connectivity index (χ1v) is 9.40. The molecule has 2 atom stereocenters. The molecule has 0 radical (unpaired) electrons. The highest BCUT2D eigenvalue weighted by Crippen LogP contribution is 2.36. The second kappa shape index (κ2) is 8.01. The predicted molar refractivity (Wildman–Crippen MR) is 106 cm³/mol. The van der Waals surface area contributed by atoms with Crippen LogP contribution in [0.2, 0.25) is 0 Å². The number of aromatic hydroxyl groups is 1. The van der Waals surface area contributed by atoms with E-state index >= 15 is 0 Å². The van der Waals surface area contributed by atoms with Crippen LogP contribution >= 0.6 is 0 Å². The average Bonchev–Trinajstić information content (AvgIpc) is 3.04. The number of nitrogens with one attached hydrogen (secondary N) is 1. The van der Waals surface area contributed by atoms with Crippen LogP contribution in [-0.2, 0) is 4.74 Å². The lowest BCUT2D eigenvalue weighted by Crippen LogP contribution is -2.41. The van der Waals surface area contributed by atoms with E-state index in [4.69, 9.17) is 4.74 Å². The molecule has 0 aromatic heterocycles. The molecule has 2 aromatic carbocycles.